The Balaban J connectivity index is 1.69. The van der Waals surface area contributed by atoms with E-state index in [1.165, 1.54) is 24.8 Å². The van der Waals surface area contributed by atoms with Gasteiger partial charge in [0.1, 0.15) is 17.5 Å². The molecule has 3 heterocycles. The predicted molar refractivity (Wildman–Crippen MR) is 139 cm³/mol. The number of urea groups is 1. The minimum Gasteiger partial charge on any atom is -0.504 e. The fourth-order valence-electron chi connectivity index (χ4n) is 5.11. The van der Waals surface area contributed by atoms with Gasteiger partial charge in [-0.1, -0.05) is 6.07 Å². The van der Waals surface area contributed by atoms with Crippen LogP contribution in [0.1, 0.15) is 32.4 Å². The number of carbonyl (C=O) groups excluding carboxylic acids is 6. The number of fused-ring (bicyclic) bond motifs is 1. The molecule has 4 atom stereocenters. The van der Waals surface area contributed by atoms with Crippen LogP contribution in [0.5, 0.6) is 11.5 Å². The number of phenols is 2. The second-order valence-electron chi connectivity index (χ2n) is 9.97. The molecule has 16 nitrogen and oxygen atoms in total. The van der Waals surface area contributed by atoms with Crippen LogP contribution in [0.2, 0.25) is 0 Å². The van der Waals surface area contributed by atoms with Gasteiger partial charge in [-0.15, -0.1) is 11.8 Å². The Morgan fingerprint density at radius 1 is 1.12 bits per heavy atom. The number of rotatable bonds is 8. The number of nitrogens with zero attached hydrogens (tertiary/aromatic N) is 3. The van der Waals surface area contributed by atoms with Crippen LogP contribution in [0.25, 0.3) is 0 Å². The molecule has 220 valence electrons. The van der Waals surface area contributed by atoms with Crippen molar-refractivity contribution in [2.24, 2.45) is 0 Å². The van der Waals surface area contributed by atoms with Gasteiger partial charge < -0.3 is 36.2 Å². The van der Waals surface area contributed by atoms with Crippen LogP contribution in [0.15, 0.2) is 18.2 Å². The largest absolute Gasteiger partial charge is 0.504 e. The molecule has 0 aromatic heterocycles. The van der Waals surface area contributed by atoms with E-state index in [1.54, 1.807) is 6.92 Å². The van der Waals surface area contributed by atoms with Crippen molar-refractivity contribution in [3.8, 4) is 11.5 Å². The van der Waals surface area contributed by atoms with E-state index >= 15 is 0 Å². The molecule has 4 rings (SSSR count). The number of aliphatic carboxylic acids is 1. The molecule has 3 aliphatic heterocycles. The minimum atomic E-state index is -2.35. The molecule has 3 fully saturated rings. The summed E-state index contributed by atoms with van der Waals surface area (Å²) in [6, 6.07) is -0.790. The Morgan fingerprint density at radius 2 is 1.80 bits per heavy atom. The molecule has 7 amide bonds. The Bertz CT molecular complexity index is 1350. The molecule has 0 radical (unpaired) electrons. The van der Waals surface area contributed by atoms with Crippen molar-refractivity contribution in [2.75, 3.05) is 19.6 Å². The van der Waals surface area contributed by atoms with Crippen LogP contribution in [-0.2, 0) is 28.8 Å². The molecule has 41 heavy (non-hydrogen) atoms. The third-order valence-electron chi connectivity index (χ3n) is 7.35. The molecule has 0 spiro atoms. The van der Waals surface area contributed by atoms with E-state index in [2.05, 4.69) is 16.0 Å². The van der Waals surface area contributed by atoms with Crippen molar-refractivity contribution in [2.45, 2.75) is 48.6 Å². The molecule has 0 bridgehead atoms. The van der Waals surface area contributed by atoms with Crippen molar-refractivity contribution in [3.05, 3.63) is 23.8 Å². The molecular weight excluding hydrogens is 564 g/mol. The number of hydrogen-bond acceptors (Lipinski definition) is 10. The molecular formula is C24H28N6O10S. The van der Waals surface area contributed by atoms with E-state index in [1.807, 2.05) is 0 Å². The molecule has 0 aliphatic carbocycles. The number of imide groups is 1. The van der Waals surface area contributed by atoms with Gasteiger partial charge in [0.05, 0.1) is 4.75 Å². The number of nitrogens with one attached hydrogen (secondary N) is 3. The molecule has 1 unspecified atom stereocenters. The van der Waals surface area contributed by atoms with E-state index in [4.69, 9.17) is 0 Å². The smallest absolute Gasteiger partial charge is 0.352 e. The van der Waals surface area contributed by atoms with E-state index < -0.39 is 75.0 Å². The number of likely N-dealkylation sites (N-methyl/N-ethyl adjacent to an activating group) is 1. The monoisotopic (exact) mass is 592 g/mol. The fraction of sp³-hybridized carbons (Fsp3) is 0.458. The summed E-state index contributed by atoms with van der Waals surface area (Å²) in [5.74, 6) is -6.78. The van der Waals surface area contributed by atoms with Crippen molar-refractivity contribution in [1.82, 2.24) is 30.7 Å². The first-order chi connectivity index (χ1) is 19.2. The summed E-state index contributed by atoms with van der Waals surface area (Å²) in [4.78, 5) is 91.3. The van der Waals surface area contributed by atoms with Gasteiger partial charge in [0.25, 0.3) is 5.91 Å². The molecule has 1 aromatic rings. The third kappa shape index (κ3) is 4.55. The summed E-state index contributed by atoms with van der Waals surface area (Å²) >= 11 is 1.03. The zero-order chi connectivity index (χ0) is 30.4. The van der Waals surface area contributed by atoms with E-state index in [-0.39, 0.29) is 25.2 Å². The molecule has 3 saturated heterocycles. The number of carbonyl (C=O) groups is 7. The normalized spacial score (nSPS) is 25.6. The highest BCUT2D eigenvalue weighted by atomic mass is 32.2. The average Bonchev–Trinajstić information content (AvgIpc) is 3.13. The lowest BCUT2D eigenvalue weighted by Crippen LogP contribution is -2.80. The average molecular weight is 593 g/mol. The Labute approximate surface area is 237 Å². The first-order valence-electron chi connectivity index (χ1n) is 12.4. The number of phenolic OH excluding ortho intramolecular Hbond substituents is 2. The first-order valence-corrected chi connectivity index (χ1v) is 13.3. The number of piperazine rings is 1. The molecule has 6 N–H and O–H groups in total. The molecule has 0 saturated carbocycles. The van der Waals surface area contributed by atoms with Gasteiger partial charge in [-0.05, 0) is 38.5 Å². The SMILES string of the molecule is CCN1CCN(C(=O)NC(C(=O)N[C@@]2(C(=O)O)N3C(=O)[C@@H](NC=O)[C@H]3SC2(C)C)c2ccc(O)c(O)c2)C(=O)C1=O. The topological polar surface area (TPSA) is 226 Å². The molecule has 17 heteroatoms. The van der Waals surface area contributed by atoms with Crippen LogP contribution in [0.4, 0.5) is 4.79 Å². The number of carboxylic acids is 1. The van der Waals surface area contributed by atoms with Gasteiger partial charge in [0.15, 0.2) is 11.5 Å². The summed E-state index contributed by atoms with van der Waals surface area (Å²) in [6.45, 7) is 4.72. The number of β-lactam (4-membered cyclic amide) rings is 1. The highest BCUT2D eigenvalue weighted by molar-refractivity contribution is 8.01. The number of hydrogen-bond donors (Lipinski definition) is 6. The number of carboxylic acid groups (broad SMARTS) is 1. The quantitative estimate of drug-likeness (QED) is 0.0858. The zero-order valence-electron chi connectivity index (χ0n) is 22.1. The number of thioether (sulfide) groups is 1. The number of amides is 7. The van der Waals surface area contributed by atoms with Crippen LogP contribution >= 0.6 is 11.8 Å². The van der Waals surface area contributed by atoms with Gasteiger partial charge in [-0.3, -0.25) is 33.8 Å². The minimum absolute atomic E-state index is 0.0490. The van der Waals surface area contributed by atoms with Gasteiger partial charge in [-0.25, -0.2) is 9.59 Å². The van der Waals surface area contributed by atoms with Crippen LogP contribution in [-0.4, -0.2) is 114 Å². The third-order valence-corrected chi connectivity index (χ3v) is 8.96. The lowest BCUT2D eigenvalue weighted by Gasteiger charge is -2.49. The fourth-order valence-corrected chi connectivity index (χ4v) is 6.82. The number of benzene rings is 1. The first kappa shape index (κ1) is 29.4. The van der Waals surface area contributed by atoms with Crippen molar-refractivity contribution >= 4 is 53.8 Å². The second kappa shape index (κ2) is 10.5. The molecule has 3 aliphatic rings. The summed E-state index contributed by atoms with van der Waals surface area (Å²) in [6.07, 6.45) is 0.308. The Morgan fingerprint density at radius 3 is 2.39 bits per heavy atom. The van der Waals surface area contributed by atoms with E-state index in [0.717, 1.165) is 28.8 Å². The standard InChI is InChI=1S/C24H28N6O10S/c1-4-28-7-8-29(19(37)18(28)36)22(40)26-14(11-5-6-12(32)13(33)9-11)16(34)27-24(21(38)39)23(2,3)41-20-15(25-10-31)17(35)30(20)24/h5-6,9-10,14-15,20,32-33H,4,7-8H2,1-3H3,(H,25,31)(H,26,40)(H,27,34)(H,38,39)/t14?,15-,20-,24+/m1/s1. The highest BCUT2D eigenvalue weighted by Gasteiger charge is 2.74. The number of aromatic hydroxyl groups is 2. The highest BCUT2D eigenvalue weighted by Crippen LogP contribution is 2.55. The van der Waals surface area contributed by atoms with Gasteiger partial charge >= 0.3 is 23.8 Å². The maximum absolute atomic E-state index is 13.8. The van der Waals surface area contributed by atoms with Crippen LogP contribution in [0, 0.1) is 0 Å². The lowest BCUT2D eigenvalue weighted by atomic mass is 9.88. The summed E-state index contributed by atoms with van der Waals surface area (Å²) in [7, 11) is 0. The Kier molecular flexibility index (Phi) is 7.51. The van der Waals surface area contributed by atoms with E-state index in [0.29, 0.717) is 11.3 Å². The molecule has 1 aromatic carbocycles. The summed E-state index contributed by atoms with van der Waals surface area (Å²) in [5, 5.41) is 36.4. The van der Waals surface area contributed by atoms with Crippen LogP contribution in [0.3, 0.4) is 0 Å². The van der Waals surface area contributed by atoms with Crippen molar-refractivity contribution < 1.29 is 48.9 Å². The van der Waals surface area contributed by atoms with Gasteiger partial charge in [0.2, 0.25) is 18.0 Å². The predicted octanol–water partition coefficient (Wildman–Crippen LogP) is -1.76. The lowest BCUT2D eigenvalue weighted by molar-refractivity contribution is -0.176. The maximum Gasteiger partial charge on any atom is 0.352 e. The zero-order valence-corrected chi connectivity index (χ0v) is 22.9. The second-order valence-corrected chi connectivity index (χ2v) is 11.7. The maximum atomic E-state index is 13.8. The van der Waals surface area contributed by atoms with Gasteiger partial charge in [-0.2, -0.15) is 0 Å². The summed E-state index contributed by atoms with van der Waals surface area (Å²) in [5.41, 5.74) is -2.47. The van der Waals surface area contributed by atoms with E-state index in [9.17, 15) is 48.9 Å². The van der Waals surface area contributed by atoms with Crippen molar-refractivity contribution in [1.29, 1.82) is 0 Å². The van der Waals surface area contributed by atoms with Crippen molar-refractivity contribution in [3.63, 3.8) is 0 Å². The van der Waals surface area contributed by atoms with Crippen LogP contribution < -0.4 is 16.0 Å². The van der Waals surface area contributed by atoms with Gasteiger partial charge in [0, 0.05) is 19.6 Å². The Hall–Kier alpha value is -4.54. The summed E-state index contributed by atoms with van der Waals surface area (Å²) < 4.78 is -1.36.